The number of anilines is 1. The van der Waals surface area contributed by atoms with Crippen molar-refractivity contribution >= 4 is 40.5 Å². The molecule has 0 spiro atoms. The summed E-state index contributed by atoms with van der Waals surface area (Å²) in [5.41, 5.74) is -0.713. The molecule has 0 atom stereocenters. The van der Waals surface area contributed by atoms with Crippen LogP contribution in [0.25, 0.3) is 0 Å². The van der Waals surface area contributed by atoms with Crippen LogP contribution in [0.15, 0.2) is 36.4 Å². The molecule has 1 amide bonds. The molecule has 1 aromatic heterocycles. The lowest BCUT2D eigenvalue weighted by Crippen LogP contribution is -2.21. The molecule has 0 radical (unpaired) electrons. The number of non-ortho nitro benzene ring substituents is 1. The monoisotopic (exact) mass is 528 g/mol. The minimum atomic E-state index is -4.77. The van der Waals surface area contributed by atoms with Gasteiger partial charge in [0.1, 0.15) is 18.0 Å². The third-order valence-corrected chi connectivity index (χ3v) is 6.01. The van der Waals surface area contributed by atoms with Crippen LogP contribution in [-0.4, -0.2) is 20.6 Å². The summed E-state index contributed by atoms with van der Waals surface area (Å²) < 4.78 is 46.4. The van der Waals surface area contributed by atoms with Crippen molar-refractivity contribution in [1.82, 2.24) is 9.78 Å². The summed E-state index contributed by atoms with van der Waals surface area (Å²) in [7, 11) is 0. The number of alkyl halides is 3. The first-order valence-corrected chi connectivity index (χ1v) is 11.0. The Morgan fingerprint density at radius 2 is 1.94 bits per heavy atom. The molecule has 13 heteroatoms. The summed E-state index contributed by atoms with van der Waals surface area (Å²) in [6.45, 7) is 1.20. The van der Waals surface area contributed by atoms with Crippen molar-refractivity contribution in [3.8, 4) is 11.5 Å². The SMILES string of the molecule is Cc1cc(Oc2cc(NC(=O)Cn3nc(C(F)(F)F)c(Cl)c3C3CC3)cc([N+](=O)[O-])c2)ccc1Cl. The first-order chi connectivity index (χ1) is 16.4. The summed E-state index contributed by atoms with van der Waals surface area (Å²) >= 11 is 11.9. The Kier molecular flexibility index (Phi) is 6.65. The highest BCUT2D eigenvalue weighted by Crippen LogP contribution is 2.47. The van der Waals surface area contributed by atoms with Gasteiger partial charge in [-0.25, -0.2) is 0 Å². The fraction of sp³-hybridized carbons (Fsp3) is 0.273. The number of carbonyl (C=O) groups excluding carboxylic acids is 1. The van der Waals surface area contributed by atoms with Gasteiger partial charge in [-0.1, -0.05) is 23.2 Å². The van der Waals surface area contributed by atoms with Crippen LogP contribution in [0.5, 0.6) is 11.5 Å². The molecule has 1 fully saturated rings. The maximum absolute atomic E-state index is 13.3. The van der Waals surface area contributed by atoms with Gasteiger partial charge in [0.25, 0.3) is 5.69 Å². The number of nitro groups is 1. The minimum absolute atomic E-state index is 0.0205. The van der Waals surface area contributed by atoms with Crippen LogP contribution in [0.3, 0.4) is 0 Å². The summed E-state index contributed by atoms with van der Waals surface area (Å²) in [4.78, 5) is 23.4. The molecule has 35 heavy (non-hydrogen) atoms. The number of nitro benzene ring substituents is 1. The fourth-order valence-corrected chi connectivity index (χ4v) is 3.99. The largest absolute Gasteiger partial charge is 0.457 e. The molecule has 184 valence electrons. The maximum Gasteiger partial charge on any atom is 0.436 e. The third-order valence-electron chi connectivity index (χ3n) is 5.21. The van der Waals surface area contributed by atoms with Gasteiger partial charge in [-0.2, -0.15) is 18.3 Å². The predicted octanol–water partition coefficient (Wildman–Crippen LogP) is 6.73. The van der Waals surface area contributed by atoms with Gasteiger partial charge in [0.05, 0.1) is 27.4 Å². The van der Waals surface area contributed by atoms with E-state index in [1.807, 2.05) is 0 Å². The Bertz CT molecular complexity index is 1320. The van der Waals surface area contributed by atoms with Crippen molar-refractivity contribution in [1.29, 1.82) is 0 Å². The number of ether oxygens (including phenoxy) is 1. The van der Waals surface area contributed by atoms with E-state index in [0.717, 1.165) is 16.3 Å². The maximum atomic E-state index is 13.3. The summed E-state index contributed by atoms with van der Waals surface area (Å²) in [6, 6.07) is 8.45. The number of nitrogens with zero attached hydrogens (tertiary/aromatic N) is 3. The number of amides is 1. The quantitative estimate of drug-likeness (QED) is 0.270. The Morgan fingerprint density at radius 1 is 1.23 bits per heavy atom. The summed E-state index contributed by atoms with van der Waals surface area (Å²) in [5.74, 6) is -0.519. The lowest BCUT2D eigenvalue weighted by molar-refractivity contribution is -0.384. The van der Waals surface area contributed by atoms with Crippen molar-refractivity contribution in [3.05, 3.63) is 73.5 Å². The number of carbonyl (C=O) groups is 1. The summed E-state index contributed by atoms with van der Waals surface area (Å²) in [6.07, 6.45) is -3.49. The van der Waals surface area contributed by atoms with Gasteiger partial charge in [-0.05, 0) is 43.5 Å². The molecule has 1 aliphatic carbocycles. The molecule has 3 aromatic rings. The van der Waals surface area contributed by atoms with Crippen molar-refractivity contribution in [3.63, 3.8) is 0 Å². The van der Waals surface area contributed by atoms with E-state index < -0.39 is 34.3 Å². The number of aromatic nitrogens is 2. The zero-order valence-corrected chi connectivity index (χ0v) is 19.5. The van der Waals surface area contributed by atoms with Crippen LogP contribution in [0.2, 0.25) is 10.0 Å². The molecule has 0 saturated heterocycles. The zero-order chi connectivity index (χ0) is 25.5. The number of hydrogen-bond acceptors (Lipinski definition) is 5. The predicted molar refractivity (Wildman–Crippen MR) is 122 cm³/mol. The molecule has 2 aromatic carbocycles. The van der Waals surface area contributed by atoms with E-state index in [1.165, 1.54) is 12.1 Å². The van der Waals surface area contributed by atoms with Crippen molar-refractivity contribution in [2.24, 2.45) is 0 Å². The Balaban J connectivity index is 1.57. The zero-order valence-electron chi connectivity index (χ0n) is 18.0. The standard InChI is InChI=1S/C22H17Cl2F3N4O4/c1-11-6-15(4-5-17(11)23)35-16-8-13(7-14(9-16)31(33)34)28-18(32)10-30-20(12-2-3-12)19(24)21(29-30)22(25,26)27/h4-9,12H,2-3,10H2,1H3,(H,28,32). The molecule has 1 N–H and O–H groups in total. The van der Waals surface area contributed by atoms with Crippen LogP contribution >= 0.6 is 23.2 Å². The molecule has 1 heterocycles. The van der Waals surface area contributed by atoms with Gasteiger partial charge in [0.15, 0.2) is 5.69 Å². The number of nitrogens with one attached hydrogen (secondary N) is 1. The lowest BCUT2D eigenvalue weighted by Gasteiger charge is -2.11. The topological polar surface area (TPSA) is 99.3 Å². The van der Waals surface area contributed by atoms with Gasteiger partial charge in [0, 0.05) is 23.1 Å². The third kappa shape index (κ3) is 5.68. The highest BCUT2D eigenvalue weighted by atomic mass is 35.5. The second-order valence-corrected chi connectivity index (χ2v) is 8.80. The van der Waals surface area contributed by atoms with Crippen molar-refractivity contribution in [2.75, 3.05) is 5.32 Å². The molecule has 8 nitrogen and oxygen atoms in total. The Labute approximate surface area is 206 Å². The smallest absolute Gasteiger partial charge is 0.436 e. The average molecular weight is 529 g/mol. The number of rotatable bonds is 7. The van der Waals surface area contributed by atoms with Crippen LogP contribution in [-0.2, 0) is 17.5 Å². The average Bonchev–Trinajstić information content (AvgIpc) is 3.53. The van der Waals surface area contributed by atoms with Gasteiger partial charge in [-0.3, -0.25) is 19.6 Å². The number of hydrogen-bond donors (Lipinski definition) is 1. The lowest BCUT2D eigenvalue weighted by atomic mass is 10.2. The second kappa shape index (κ2) is 9.38. The van der Waals surface area contributed by atoms with Gasteiger partial charge < -0.3 is 10.1 Å². The summed E-state index contributed by atoms with van der Waals surface area (Å²) in [5, 5.41) is 17.3. The van der Waals surface area contributed by atoms with Crippen LogP contribution in [0.4, 0.5) is 24.5 Å². The van der Waals surface area contributed by atoms with Crippen molar-refractivity contribution < 1.29 is 27.6 Å². The van der Waals surface area contributed by atoms with Crippen LogP contribution in [0.1, 0.15) is 35.7 Å². The molecule has 0 unspecified atom stereocenters. The highest BCUT2D eigenvalue weighted by Gasteiger charge is 2.42. The first kappa shape index (κ1) is 24.8. The van der Waals surface area contributed by atoms with E-state index >= 15 is 0 Å². The Hall–Kier alpha value is -3.31. The Morgan fingerprint density at radius 3 is 2.54 bits per heavy atom. The van der Waals surface area contributed by atoms with E-state index in [0.29, 0.717) is 23.6 Å². The van der Waals surface area contributed by atoms with Crippen molar-refractivity contribution in [2.45, 2.75) is 38.4 Å². The molecule has 0 aliphatic heterocycles. The van der Waals surface area contributed by atoms with Gasteiger partial charge in [0.2, 0.25) is 5.91 Å². The molecule has 4 rings (SSSR count). The molecule has 0 bridgehead atoms. The van der Waals surface area contributed by atoms with E-state index in [1.54, 1.807) is 25.1 Å². The molecule has 1 saturated carbocycles. The van der Waals surface area contributed by atoms with Gasteiger partial charge in [-0.15, -0.1) is 0 Å². The van der Waals surface area contributed by atoms with Gasteiger partial charge >= 0.3 is 6.18 Å². The molecule has 1 aliphatic rings. The molecular weight excluding hydrogens is 512 g/mol. The number of benzene rings is 2. The van der Waals surface area contributed by atoms with E-state index in [2.05, 4.69) is 10.4 Å². The molecular formula is C22H17Cl2F3N4O4. The number of halogens is 5. The normalized spacial score (nSPS) is 13.5. The van der Waals surface area contributed by atoms with E-state index in [4.69, 9.17) is 27.9 Å². The van der Waals surface area contributed by atoms with Crippen LogP contribution in [0, 0.1) is 17.0 Å². The highest BCUT2D eigenvalue weighted by molar-refractivity contribution is 6.32. The van der Waals surface area contributed by atoms with E-state index in [-0.39, 0.29) is 28.7 Å². The number of aryl methyl sites for hydroxylation is 1. The minimum Gasteiger partial charge on any atom is -0.457 e. The fourth-order valence-electron chi connectivity index (χ4n) is 3.47. The second-order valence-electron chi connectivity index (χ2n) is 8.01. The van der Waals surface area contributed by atoms with E-state index in [9.17, 15) is 28.1 Å². The van der Waals surface area contributed by atoms with Crippen LogP contribution < -0.4 is 10.1 Å². The first-order valence-electron chi connectivity index (χ1n) is 10.3.